The highest BCUT2D eigenvalue weighted by Gasteiger charge is 2.26. The molecule has 0 aliphatic heterocycles. The van der Waals surface area contributed by atoms with Crippen LogP contribution in [-0.4, -0.2) is 44.2 Å². The van der Waals surface area contributed by atoms with E-state index in [9.17, 15) is 9.59 Å². The Labute approximate surface area is 214 Å². The van der Waals surface area contributed by atoms with Gasteiger partial charge in [0.2, 0.25) is 6.04 Å². The molecule has 0 heterocycles. The molecule has 2 aromatic carbocycles. The molecule has 2 rings (SSSR count). The lowest BCUT2D eigenvalue weighted by Gasteiger charge is -2.17. The van der Waals surface area contributed by atoms with E-state index in [0.717, 1.165) is 0 Å². The van der Waals surface area contributed by atoms with Crippen molar-refractivity contribution in [2.75, 3.05) is 31.7 Å². The smallest absolute Gasteiger partial charge is 0.258 e. The highest BCUT2D eigenvalue weighted by atomic mass is 35.5. The Morgan fingerprint density at radius 1 is 0.829 bits per heavy atom. The summed E-state index contributed by atoms with van der Waals surface area (Å²) in [6.45, 7) is 9.85. The molecule has 2 aromatic rings. The summed E-state index contributed by atoms with van der Waals surface area (Å²) in [6.07, 6.45) is 0. The summed E-state index contributed by atoms with van der Waals surface area (Å²) in [7, 11) is 0. The number of nitrogens with one attached hydrogen (secondary N) is 1. The lowest BCUT2D eigenvalue weighted by atomic mass is 10.2. The van der Waals surface area contributed by atoms with E-state index in [1.54, 1.807) is 26.0 Å². The standard InChI is InChI=1S/C24H29Cl2N3O6/c1-6-32-19-12-15(25)10-17(22(19)34-8-3)27-24(31)21(14(5)30)29-28-18-11-16(26)13-20(33-7-2)23(18)35-9-4/h10-13,21H,6-9H2,1-5H3,(H,27,31). The maximum Gasteiger partial charge on any atom is 0.258 e. The molecule has 0 radical (unpaired) electrons. The Kier molecular flexibility index (Phi) is 11.1. The van der Waals surface area contributed by atoms with Gasteiger partial charge in [0, 0.05) is 22.2 Å². The van der Waals surface area contributed by atoms with Crippen molar-refractivity contribution in [2.45, 2.75) is 40.7 Å². The topological polar surface area (TPSA) is 108 Å². The largest absolute Gasteiger partial charge is 0.490 e. The van der Waals surface area contributed by atoms with Crippen LogP contribution in [0.15, 0.2) is 34.5 Å². The van der Waals surface area contributed by atoms with Crippen LogP contribution in [0.4, 0.5) is 11.4 Å². The lowest BCUT2D eigenvalue weighted by molar-refractivity contribution is -0.126. The highest BCUT2D eigenvalue weighted by molar-refractivity contribution is 6.31. The van der Waals surface area contributed by atoms with Gasteiger partial charge in [0.05, 0.1) is 32.1 Å². The first-order valence-electron chi connectivity index (χ1n) is 11.2. The first-order chi connectivity index (χ1) is 16.7. The molecular formula is C24H29Cl2N3O6. The van der Waals surface area contributed by atoms with Crippen molar-refractivity contribution in [3.63, 3.8) is 0 Å². The SMILES string of the molecule is CCOc1cc(Cl)cc(N=NC(C(C)=O)C(=O)Nc2cc(Cl)cc(OCC)c2OCC)c1OCC. The summed E-state index contributed by atoms with van der Waals surface area (Å²) in [5, 5.41) is 11.4. The number of amides is 1. The number of ether oxygens (including phenoxy) is 4. The Bertz CT molecular complexity index is 1080. The zero-order valence-electron chi connectivity index (χ0n) is 20.3. The lowest BCUT2D eigenvalue weighted by Crippen LogP contribution is -2.32. The Morgan fingerprint density at radius 3 is 1.89 bits per heavy atom. The summed E-state index contributed by atoms with van der Waals surface area (Å²) < 4.78 is 22.5. The van der Waals surface area contributed by atoms with Crippen molar-refractivity contribution in [1.82, 2.24) is 0 Å². The number of hydrogen-bond acceptors (Lipinski definition) is 8. The fourth-order valence-electron chi connectivity index (χ4n) is 3.04. The summed E-state index contributed by atoms with van der Waals surface area (Å²) in [6, 6.07) is 4.72. The molecule has 1 N–H and O–H groups in total. The Hall–Kier alpha value is -3.04. The van der Waals surface area contributed by atoms with Gasteiger partial charge in [0.1, 0.15) is 5.69 Å². The molecule has 9 nitrogen and oxygen atoms in total. The Morgan fingerprint density at radius 2 is 1.34 bits per heavy atom. The molecule has 1 amide bonds. The van der Waals surface area contributed by atoms with Gasteiger partial charge in [0.15, 0.2) is 28.8 Å². The van der Waals surface area contributed by atoms with Gasteiger partial charge < -0.3 is 24.3 Å². The molecule has 1 unspecified atom stereocenters. The molecule has 11 heteroatoms. The maximum atomic E-state index is 13.1. The van der Waals surface area contributed by atoms with Gasteiger partial charge in [-0.25, -0.2) is 0 Å². The third kappa shape index (κ3) is 7.73. The number of carbonyl (C=O) groups is 2. The van der Waals surface area contributed by atoms with Gasteiger partial charge in [-0.2, -0.15) is 10.2 Å². The van der Waals surface area contributed by atoms with Crippen molar-refractivity contribution >= 4 is 46.3 Å². The quantitative estimate of drug-likeness (QED) is 0.244. The molecule has 35 heavy (non-hydrogen) atoms. The number of anilines is 1. The molecular weight excluding hydrogens is 497 g/mol. The molecule has 0 fully saturated rings. The van der Waals surface area contributed by atoms with E-state index in [1.807, 2.05) is 13.8 Å². The fourth-order valence-corrected chi connectivity index (χ4v) is 3.45. The van der Waals surface area contributed by atoms with Gasteiger partial charge in [0.25, 0.3) is 5.91 Å². The first kappa shape index (κ1) is 28.2. The number of benzene rings is 2. The predicted octanol–water partition coefficient (Wildman–Crippen LogP) is 6.27. The van der Waals surface area contributed by atoms with Crippen LogP contribution in [0, 0.1) is 0 Å². The van der Waals surface area contributed by atoms with Crippen LogP contribution in [0.5, 0.6) is 23.0 Å². The number of halogens is 2. The van der Waals surface area contributed by atoms with Crippen molar-refractivity contribution in [1.29, 1.82) is 0 Å². The van der Waals surface area contributed by atoms with Crippen molar-refractivity contribution in [3.8, 4) is 23.0 Å². The van der Waals surface area contributed by atoms with Crippen LogP contribution < -0.4 is 24.3 Å². The van der Waals surface area contributed by atoms with Crippen molar-refractivity contribution < 1.29 is 28.5 Å². The van der Waals surface area contributed by atoms with E-state index < -0.39 is 17.7 Å². The highest BCUT2D eigenvalue weighted by Crippen LogP contribution is 2.41. The second kappa shape index (κ2) is 13.7. The number of hydrogen-bond donors (Lipinski definition) is 1. The molecule has 1 atom stereocenters. The Balaban J connectivity index is 2.42. The first-order valence-corrected chi connectivity index (χ1v) is 11.9. The summed E-state index contributed by atoms with van der Waals surface area (Å²) >= 11 is 12.4. The fraction of sp³-hybridized carbons (Fsp3) is 0.417. The van der Waals surface area contributed by atoms with E-state index in [4.69, 9.17) is 42.1 Å². The molecule has 0 saturated heterocycles. The second-order valence-electron chi connectivity index (χ2n) is 6.98. The number of Topliss-reactive ketones (excluding diaryl/α,β-unsaturated/α-hetero) is 1. The molecule has 0 saturated carbocycles. The maximum absolute atomic E-state index is 13.1. The van der Waals surface area contributed by atoms with Gasteiger partial charge in [-0.1, -0.05) is 23.2 Å². The van der Waals surface area contributed by atoms with E-state index >= 15 is 0 Å². The number of carbonyl (C=O) groups excluding carboxylic acids is 2. The van der Waals surface area contributed by atoms with E-state index in [1.165, 1.54) is 19.1 Å². The monoisotopic (exact) mass is 525 g/mol. The number of rotatable bonds is 13. The van der Waals surface area contributed by atoms with Crippen LogP contribution >= 0.6 is 23.2 Å². The molecule has 0 bridgehead atoms. The average Bonchev–Trinajstić information content (AvgIpc) is 2.78. The molecule has 0 aliphatic carbocycles. The minimum absolute atomic E-state index is 0.221. The summed E-state index contributed by atoms with van der Waals surface area (Å²) in [5.74, 6) is 0.0877. The van der Waals surface area contributed by atoms with Crippen LogP contribution in [0.25, 0.3) is 0 Å². The normalized spacial score (nSPS) is 11.7. The minimum Gasteiger partial charge on any atom is -0.490 e. The second-order valence-corrected chi connectivity index (χ2v) is 7.86. The number of azo groups is 1. The average molecular weight is 526 g/mol. The molecule has 0 spiro atoms. The summed E-state index contributed by atoms with van der Waals surface area (Å²) in [4.78, 5) is 25.4. The van der Waals surface area contributed by atoms with E-state index in [0.29, 0.717) is 59.5 Å². The van der Waals surface area contributed by atoms with Gasteiger partial charge in [-0.05, 0) is 46.8 Å². The third-order valence-electron chi connectivity index (χ3n) is 4.37. The van der Waals surface area contributed by atoms with Crippen molar-refractivity contribution in [3.05, 3.63) is 34.3 Å². The van der Waals surface area contributed by atoms with Crippen LogP contribution in [0.1, 0.15) is 34.6 Å². The van der Waals surface area contributed by atoms with E-state index in [-0.39, 0.29) is 11.4 Å². The predicted molar refractivity (Wildman–Crippen MR) is 135 cm³/mol. The van der Waals surface area contributed by atoms with Gasteiger partial charge >= 0.3 is 0 Å². The molecule has 0 aliphatic rings. The minimum atomic E-state index is -1.46. The number of nitrogens with zero attached hydrogens (tertiary/aromatic N) is 2. The summed E-state index contributed by atoms with van der Waals surface area (Å²) in [5.41, 5.74) is 0.462. The van der Waals surface area contributed by atoms with Crippen LogP contribution in [-0.2, 0) is 9.59 Å². The van der Waals surface area contributed by atoms with Crippen molar-refractivity contribution in [2.24, 2.45) is 10.2 Å². The van der Waals surface area contributed by atoms with Gasteiger partial charge in [-0.15, -0.1) is 0 Å². The van der Waals surface area contributed by atoms with E-state index in [2.05, 4.69) is 15.5 Å². The number of ketones is 1. The van der Waals surface area contributed by atoms with Gasteiger partial charge in [-0.3, -0.25) is 9.59 Å². The van der Waals surface area contributed by atoms with Crippen LogP contribution in [0.2, 0.25) is 10.0 Å². The molecule has 0 aromatic heterocycles. The van der Waals surface area contributed by atoms with Crippen LogP contribution in [0.3, 0.4) is 0 Å². The third-order valence-corrected chi connectivity index (χ3v) is 4.81. The zero-order chi connectivity index (χ0) is 26.0. The zero-order valence-corrected chi connectivity index (χ0v) is 21.8. The molecule has 190 valence electrons.